The molecule has 0 aliphatic rings. The van der Waals surface area contributed by atoms with Crippen molar-refractivity contribution in [1.82, 2.24) is 0 Å². The molecular weight excluding hydrogens is 219 g/mol. The first-order chi connectivity index (χ1) is 6.20. The maximum absolute atomic E-state index is 12.8. The van der Waals surface area contributed by atoms with Gasteiger partial charge in [0.05, 0.1) is 13.7 Å². The normalized spacial score (nSPS) is 15.6. The molecule has 0 radical (unpaired) electrons. The second-order valence-electron chi connectivity index (χ2n) is 2.41. The van der Waals surface area contributed by atoms with Gasteiger partial charge in [0.2, 0.25) is 0 Å². The Labute approximate surface area is 85.4 Å². The van der Waals surface area contributed by atoms with Crippen LogP contribution in [0.5, 0.6) is 0 Å². The van der Waals surface area contributed by atoms with Crippen molar-refractivity contribution in [3.63, 3.8) is 0 Å². The fourth-order valence-corrected chi connectivity index (χ4v) is 1.33. The number of alkyl halides is 2. The van der Waals surface area contributed by atoms with Crippen molar-refractivity contribution in [2.24, 2.45) is 0 Å². The highest BCUT2D eigenvalue weighted by Gasteiger charge is 2.05. The standard InChI is InChI=1S/C7H14ClFO3S/c1-11-13(10)12-6-2-3-7(9)4-5-8/h7H,2-6H2,1H3. The van der Waals surface area contributed by atoms with Crippen LogP contribution in [-0.4, -0.2) is 30.0 Å². The first-order valence-electron chi connectivity index (χ1n) is 4.00. The van der Waals surface area contributed by atoms with Crippen molar-refractivity contribution in [1.29, 1.82) is 0 Å². The zero-order chi connectivity index (χ0) is 10.1. The fraction of sp³-hybridized carbons (Fsp3) is 1.00. The number of hydrogen-bond donors (Lipinski definition) is 0. The van der Waals surface area contributed by atoms with Crippen molar-refractivity contribution in [3.05, 3.63) is 0 Å². The molecule has 2 unspecified atom stereocenters. The molecule has 13 heavy (non-hydrogen) atoms. The van der Waals surface area contributed by atoms with Crippen LogP contribution >= 0.6 is 11.6 Å². The Balaban J connectivity index is 3.20. The molecule has 0 N–H and O–H groups in total. The quantitative estimate of drug-likeness (QED) is 0.474. The summed E-state index contributed by atoms with van der Waals surface area (Å²) in [5, 5.41) is 0. The van der Waals surface area contributed by atoms with Crippen molar-refractivity contribution in [2.45, 2.75) is 25.4 Å². The van der Waals surface area contributed by atoms with Crippen LogP contribution in [-0.2, 0) is 19.7 Å². The van der Waals surface area contributed by atoms with E-state index in [2.05, 4.69) is 8.37 Å². The summed E-state index contributed by atoms with van der Waals surface area (Å²) in [7, 11) is 1.28. The summed E-state index contributed by atoms with van der Waals surface area (Å²) in [5.41, 5.74) is 0. The lowest BCUT2D eigenvalue weighted by Gasteiger charge is -2.05. The van der Waals surface area contributed by atoms with Gasteiger partial charge < -0.3 is 0 Å². The van der Waals surface area contributed by atoms with E-state index in [1.807, 2.05) is 0 Å². The summed E-state index contributed by atoms with van der Waals surface area (Å²) in [5.74, 6) is 0.325. The first kappa shape index (κ1) is 13.3. The van der Waals surface area contributed by atoms with E-state index in [-0.39, 0.29) is 6.61 Å². The van der Waals surface area contributed by atoms with Crippen LogP contribution in [0.15, 0.2) is 0 Å². The average molecular weight is 233 g/mol. The van der Waals surface area contributed by atoms with E-state index in [1.54, 1.807) is 0 Å². The van der Waals surface area contributed by atoms with E-state index in [0.29, 0.717) is 25.1 Å². The SMILES string of the molecule is COS(=O)OCCCC(F)CCCl. The summed E-state index contributed by atoms with van der Waals surface area (Å²) >= 11 is 3.65. The second kappa shape index (κ2) is 8.87. The van der Waals surface area contributed by atoms with Gasteiger partial charge in [0, 0.05) is 5.88 Å². The minimum absolute atomic E-state index is 0.239. The highest BCUT2D eigenvalue weighted by molar-refractivity contribution is 7.75. The molecule has 0 heterocycles. The number of rotatable bonds is 8. The van der Waals surface area contributed by atoms with Crippen molar-refractivity contribution < 1.29 is 17.0 Å². The van der Waals surface area contributed by atoms with Gasteiger partial charge in [-0.1, -0.05) is 0 Å². The van der Waals surface area contributed by atoms with Gasteiger partial charge in [-0.3, -0.25) is 8.37 Å². The van der Waals surface area contributed by atoms with E-state index < -0.39 is 17.5 Å². The molecule has 6 heteroatoms. The molecule has 0 fully saturated rings. The van der Waals surface area contributed by atoms with Gasteiger partial charge in [0.1, 0.15) is 6.17 Å². The van der Waals surface area contributed by atoms with Gasteiger partial charge in [-0.2, -0.15) is 4.21 Å². The molecule has 0 spiro atoms. The lowest BCUT2D eigenvalue weighted by atomic mass is 10.2. The van der Waals surface area contributed by atoms with E-state index >= 15 is 0 Å². The van der Waals surface area contributed by atoms with Crippen LogP contribution in [0.2, 0.25) is 0 Å². The molecule has 0 aromatic carbocycles. The Kier molecular flexibility index (Phi) is 9.07. The van der Waals surface area contributed by atoms with Gasteiger partial charge in [0.15, 0.2) is 0 Å². The summed E-state index contributed by atoms with van der Waals surface area (Å²) in [6.07, 6.45) is 0.368. The maximum atomic E-state index is 12.8. The molecule has 3 nitrogen and oxygen atoms in total. The Morgan fingerprint density at radius 3 is 2.77 bits per heavy atom. The molecule has 0 aliphatic heterocycles. The molecule has 2 atom stereocenters. The predicted molar refractivity (Wildman–Crippen MR) is 50.6 cm³/mol. The van der Waals surface area contributed by atoms with Crippen molar-refractivity contribution >= 4 is 23.0 Å². The minimum atomic E-state index is -1.69. The largest absolute Gasteiger partial charge is 0.304 e. The topological polar surface area (TPSA) is 35.5 Å². The Morgan fingerprint density at radius 2 is 2.23 bits per heavy atom. The summed E-state index contributed by atoms with van der Waals surface area (Å²) in [4.78, 5) is 0. The molecule has 0 aliphatic carbocycles. The van der Waals surface area contributed by atoms with Gasteiger partial charge in [0.25, 0.3) is 0 Å². The third-order valence-corrected chi connectivity index (χ3v) is 2.25. The molecule has 0 saturated carbocycles. The zero-order valence-electron chi connectivity index (χ0n) is 7.50. The highest BCUT2D eigenvalue weighted by Crippen LogP contribution is 2.07. The van der Waals surface area contributed by atoms with Gasteiger partial charge in [-0.15, -0.1) is 11.6 Å². The maximum Gasteiger partial charge on any atom is 0.304 e. The van der Waals surface area contributed by atoms with E-state index in [0.717, 1.165) is 0 Å². The molecule has 0 saturated heterocycles. The van der Waals surface area contributed by atoms with E-state index in [1.165, 1.54) is 7.11 Å². The highest BCUT2D eigenvalue weighted by atomic mass is 35.5. The number of hydrogen-bond acceptors (Lipinski definition) is 3. The Morgan fingerprint density at radius 1 is 1.54 bits per heavy atom. The van der Waals surface area contributed by atoms with Crippen molar-refractivity contribution in [3.8, 4) is 0 Å². The Hall–Kier alpha value is 0.290. The smallest absolute Gasteiger partial charge is 0.272 e. The average Bonchev–Trinajstić information content (AvgIpc) is 2.12. The monoisotopic (exact) mass is 232 g/mol. The third kappa shape index (κ3) is 8.62. The summed E-state index contributed by atoms with van der Waals surface area (Å²) in [6, 6.07) is 0. The van der Waals surface area contributed by atoms with E-state index in [9.17, 15) is 8.60 Å². The summed E-state index contributed by atoms with van der Waals surface area (Å²) < 4.78 is 32.3. The molecule has 0 bridgehead atoms. The first-order valence-corrected chi connectivity index (χ1v) is 5.53. The van der Waals surface area contributed by atoms with Crippen LogP contribution in [0.3, 0.4) is 0 Å². The van der Waals surface area contributed by atoms with Crippen molar-refractivity contribution in [2.75, 3.05) is 19.6 Å². The fourth-order valence-electron chi connectivity index (χ4n) is 0.743. The molecule has 0 aromatic rings. The van der Waals surface area contributed by atoms with Crippen LogP contribution < -0.4 is 0 Å². The Bertz CT molecular complexity index is 148. The second-order valence-corrected chi connectivity index (χ2v) is 3.77. The molecule has 0 aromatic heterocycles. The van der Waals surface area contributed by atoms with Crippen LogP contribution in [0.1, 0.15) is 19.3 Å². The molecule has 80 valence electrons. The minimum Gasteiger partial charge on any atom is -0.272 e. The zero-order valence-corrected chi connectivity index (χ0v) is 9.07. The van der Waals surface area contributed by atoms with Gasteiger partial charge >= 0.3 is 11.4 Å². The molecule has 0 rings (SSSR count). The molecule has 0 amide bonds. The van der Waals surface area contributed by atoms with Crippen LogP contribution in [0.4, 0.5) is 4.39 Å². The van der Waals surface area contributed by atoms with Gasteiger partial charge in [-0.05, 0) is 19.3 Å². The van der Waals surface area contributed by atoms with E-state index in [4.69, 9.17) is 11.6 Å². The van der Waals surface area contributed by atoms with Crippen LogP contribution in [0.25, 0.3) is 0 Å². The lowest BCUT2D eigenvalue weighted by Crippen LogP contribution is -2.05. The molecular formula is C7H14ClFO3S. The van der Waals surface area contributed by atoms with Gasteiger partial charge in [-0.25, -0.2) is 4.39 Å². The van der Waals surface area contributed by atoms with Crippen LogP contribution in [0, 0.1) is 0 Å². The summed E-state index contributed by atoms with van der Waals surface area (Å²) in [6.45, 7) is 0.239. The lowest BCUT2D eigenvalue weighted by molar-refractivity contribution is 0.244. The predicted octanol–water partition coefficient (Wildman–Crippen LogP) is 1.98. The number of halogens is 2. The third-order valence-electron chi connectivity index (χ3n) is 1.40.